The zero-order chi connectivity index (χ0) is 12.7. The van der Waals surface area contributed by atoms with Crippen molar-refractivity contribution in [1.82, 2.24) is 15.2 Å². The first-order valence-corrected chi connectivity index (χ1v) is 6.66. The monoisotopic (exact) mass is 243 g/mol. The third kappa shape index (κ3) is 1.84. The highest BCUT2D eigenvalue weighted by Crippen LogP contribution is 2.31. The molecule has 2 heterocycles. The van der Waals surface area contributed by atoms with Crippen molar-refractivity contribution in [3.05, 3.63) is 35.0 Å². The second-order valence-electron chi connectivity index (χ2n) is 5.41. The van der Waals surface area contributed by atoms with Crippen molar-refractivity contribution in [3.63, 3.8) is 0 Å². The summed E-state index contributed by atoms with van der Waals surface area (Å²) in [5.41, 5.74) is 5.34. The van der Waals surface area contributed by atoms with Gasteiger partial charge in [-0.15, -0.1) is 0 Å². The number of nitrogens with one attached hydrogen (secondary N) is 2. The number of hydrogen-bond acceptors (Lipinski definition) is 2. The van der Waals surface area contributed by atoms with E-state index in [-0.39, 0.29) is 0 Å². The molecule has 0 bridgehead atoms. The molecule has 3 heteroatoms. The van der Waals surface area contributed by atoms with E-state index >= 15 is 0 Å². The quantitative estimate of drug-likeness (QED) is 0.805. The van der Waals surface area contributed by atoms with E-state index in [2.05, 4.69) is 54.3 Å². The molecule has 0 aliphatic carbocycles. The summed E-state index contributed by atoms with van der Waals surface area (Å²) in [4.78, 5) is 5.98. The minimum Gasteiger partial charge on any atom is -0.358 e. The first-order chi connectivity index (χ1) is 8.66. The molecule has 18 heavy (non-hydrogen) atoms. The molecule has 3 rings (SSSR count). The lowest BCUT2D eigenvalue weighted by atomic mass is 10.00. The largest absolute Gasteiger partial charge is 0.358 e. The summed E-state index contributed by atoms with van der Waals surface area (Å²) in [7, 11) is 2.22. The summed E-state index contributed by atoms with van der Waals surface area (Å²) in [5.74, 6) is 0. The Morgan fingerprint density at radius 2 is 2.11 bits per heavy atom. The third-order valence-corrected chi connectivity index (χ3v) is 4.04. The van der Waals surface area contributed by atoms with E-state index < -0.39 is 0 Å². The van der Waals surface area contributed by atoms with Gasteiger partial charge in [0, 0.05) is 42.3 Å². The standard InChI is InChI=1S/C15H21N3/c1-10-4-5-12-13(8-10)17-11(2)15(12)14-9-16-6-7-18(14)3/h4-5,8,14,16-17H,6-7,9H2,1-3H3. The van der Waals surface area contributed by atoms with Crippen molar-refractivity contribution < 1.29 is 0 Å². The van der Waals surface area contributed by atoms with Crippen LogP contribution in [0.1, 0.15) is 22.9 Å². The van der Waals surface area contributed by atoms with Gasteiger partial charge < -0.3 is 10.3 Å². The summed E-state index contributed by atoms with van der Waals surface area (Å²) in [6.45, 7) is 7.57. The molecule has 1 aliphatic rings. The third-order valence-electron chi connectivity index (χ3n) is 4.04. The predicted octanol–water partition coefficient (Wildman–Crippen LogP) is 2.36. The summed E-state index contributed by atoms with van der Waals surface area (Å²) < 4.78 is 0. The van der Waals surface area contributed by atoms with Gasteiger partial charge in [0.15, 0.2) is 0 Å². The fourth-order valence-corrected chi connectivity index (χ4v) is 3.03. The number of aromatic amines is 1. The van der Waals surface area contributed by atoms with Crippen molar-refractivity contribution in [3.8, 4) is 0 Å². The first-order valence-electron chi connectivity index (χ1n) is 6.66. The van der Waals surface area contributed by atoms with Crippen LogP contribution in [-0.2, 0) is 0 Å². The SMILES string of the molecule is Cc1ccc2c(C3CNCCN3C)c(C)[nH]c2c1. The highest BCUT2D eigenvalue weighted by molar-refractivity contribution is 5.85. The molecular formula is C15H21N3. The van der Waals surface area contributed by atoms with Gasteiger partial charge in [-0.05, 0) is 38.1 Å². The lowest BCUT2D eigenvalue weighted by molar-refractivity contribution is 0.203. The summed E-state index contributed by atoms with van der Waals surface area (Å²) in [5, 5.41) is 4.88. The molecule has 2 aromatic rings. The van der Waals surface area contributed by atoms with Crippen LogP contribution in [-0.4, -0.2) is 36.6 Å². The summed E-state index contributed by atoms with van der Waals surface area (Å²) >= 11 is 0. The van der Waals surface area contributed by atoms with Gasteiger partial charge in [0.1, 0.15) is 0 Å². The zero-order valence-corrected chi connectivity index (χ0v) is 11.4. The number of H-pyrrole nitrogens is 1. The van der Waals surface area contributed by atoms with Crippen LogP contribution < -0.4 is 5.32 Å². The van der Waals surface area contributed by atoms with Crippen LogP contribution in [0.4, 0.5) is 0 Å². The van der Waals surface area contributed by atoms with E-state index in [4.69, 9.17) is 0 Å². The molecule has 1 unspecified atom stereocenters. The topological polar surface area (TPSA) is 31.1 Å². The molecule has 1 aliphatic heterocycles. The molecule has 0 spiro atoms. The Balaban J connectivity index is 2.12. The lowest BCUT2D eigenvalue weighted by Crippen LogP contribution is -2.43. The molecule has 1 aromatic carbocycles. The number of aryl methyl sites for hydroxylation is 2. The van der Waals surface area contributed by atoms with Crippen LogP contribution in [0.25, 0.3) is 10.9 Å². The first kappa shape index (κ1) is 11.8. The molecular weight excluding hydrogens is 222 g/mol. The predicted molar refractivity (Wildman–Crippen MR) is 76.0 cm³/mol. The van der Waals surface area contributed by atoms with Gasteiger partial charge in [0.25, 0.3) is 0 Å². The van der Waals surface area contributed by atoms with Crippen molar-refractivity contribution in [2.45, 2.75) is 19.9 Å². The smallest absolute Gasteiger partial charge is 0.0494 e. The zero-order valence-electron chi connectivity index (χ0n) is 11.4. The van der Waals surface area contributed by atoms with Crippen LogP contribution in [0.2, 0.25) is 0 Å². The highest BCUT2D eigenvalue weighted by Gasteiger charge is 2.24. The van der Waals surface area contributed by atoms with Crippen molar-refractivity contribution in [1.29, 1.82) is 0 Å². The molecule has 1 atom stereocenters. The molecule has 1 aromatic heterocycles. The van der Waals surface area contributed by atoms with Crippen LogP contribution in [0.15, 0.2) is 18.2 Å². The van der Waals surface area contributed by atoms with E-state index in [0.29, 0.717) is 6.04 Å². The number of piperazine rings is 1. The van der Waals surface area contributed by atoms with Gasteiger partial charge in [0.2, 0.25) is 0 Å². The Bertz CT molecular complexity index is 570. The highest BCUT2D eigenvalue weighted by atomic mass is 15.2. The second-order valence-corrected chi connectivity index (χ2v) is 5.41. The van der Waals surface area contributed by atoms with Gasteiger partial charge in [-0.3, -0.25) is 4.90 Å². The fraction of sp³-hybridized carbons (Fsp3) is 0.467. The van der Waals surface area contributed by atoms with Gasteiger partial charge >= 0.3 is 0 Å². The molecule has 3 nitrogen and oxygen atoms in total. The Labute approximate surface area is 108 Å². The average molecular weight is 243 g/mol. The van der Waals surface area contributed by atoms with E-state index in [1.54, 1.807) is 0 Å². The number of likely N-dealkylation sites (N-methyl/N-ethyl adjacent to an activating group) is 1. The molecule has 0 radical (unpaired) electrons. The van der Waals surface area contributed by atoms with Gasteiger partial charge in [0.05, 0.1) is 0 Å². The molecule has 0 saturated carbocycles. The van der Waals surface area contributed by atoms with E-state index in [0.717, 1.165) is 19.6 Å². The Morgan fingerprint density at radius 3 is 2.89 bits per heavy atom. The van der Waals surface area contributed by atoms with Crippen LogP contribution in [0.3, 0.4) is 0 Å². The van der Waals surface area contributed by atoms with E-state index in [1.807, 2.05) is 0 Å². The van der Waals surface area contributed by atoms with Crippen LogP contribution in [0, 0.1) is 13.8 Å². The molecule has 1 fully saturated rings. The maximum Gasteiger partial charge on any atom is 0.0494 e. The van der Waals surface area contributed by atoms with Gasteiger partial charge in [-0.25, -0.2) is 0 Å². The normalized spacial score (nSPS) is 21.6. The Morgan fingerprint density at radius 1 is 1.28 bits per heavy atom. The van der Waals surface area contributed by atoms with Crippen molar-refractivity contribution in [2.75, 3.05) is 26.7 Å². The Hall–Kier alpha value is -1.32. The number of hydrogen-bond donors (Lipinski definition) is 2. The maximum absolute atomic E-state index is 3.53. The fourth-order valence-electron chi connectivity index (χ4n) is 3.03. The minimum absolute atomic E-state index is 0.482. The summed E-state index contributed by atoms with van der Waals surface area (Å²) in [6.07, 6.45) is 0. The number of aromatic nitrogens is 1. The number of nitrogens with zero attached hydrogens (tertiary/aromatic N) is 1. The summed E-state index contributed by atoms with van der Waals surface area (Å²) in [6, 6.07) is 7.18. The van der Waals surface area contributed by atoms with Crippen molar-refractivity contribution in [2.24, 2.45) is 0 Å². The molecule has 2 N–H and O–H groups in total. The van der Waals surface area contributed by atoms with Crippen LogP contribution >= 0.6 is 0 Å². The van der Waals surface area contributed by atoms with Crippen molar-refractivity contribution >= 4 is 10.9 Å². The van der Waals surface area contributed by atoms with Crippen LogP contribution in [0.5, 0.6) is 0 Å². The Kier molecular flexibility index (Phi) is 2.88. The maximum atomic E-state index is 3.53. The number of benzene rings is 1. The number of fused-ring (bicyclic) bond motifs is 1. The van der Waals surface area contributed by atoms with Gasteiger partial charge in [-0.1, -0.05) is 12.1 Å². The minimum atomic E-state index is 0.482. The van der Waals surface area contributed by atoms with E-state index in [9.17, 15) is 0 Å². The average Bonchev–Trinajstić information content (AvgIpc) is 2.65. The number of rotatable bonds is 1. The molecule has 0 amide bonds. The van der Waals surface area contributed by atoms with E-state index in [1.165, 1.54) is 27.7 Å². The molecule has 1 saturated heterocycles. The molecule has 96 valence electrons. The lowest BCUT2D eigenvalue weighted by Gasteiger charge is -2.33. The second kappa shape index (κ2) is 4.41. The van der Waals surface area contributed by atoms with Gasteiger partial charge in [-0.2, -0.15) is 0 Å².